The maximum Gasteiger partial charge on any atom is 0.302 e. The SMILES string of the molecule is CCCCOc1ccc(-c2nn(-c3ccccc3)cc2/C=C2/C(=O)N(CCCOC(C)=O)C(=O)C(C#N)=C2C)cc1F. The number of ether oxygens (including phenoxy) is 2. The molecule has 3 aromatic rings. The molecule has 0 N–H and O–H groups in total. The zero-order valence-corrected chi connectivity index (χ0v) is 23.7. The number of halogens is 1. The van der Waals surface area contributed by atoms with Gasteiger partial charge in [-0.05, 0) is 61.7 Å². The highest BCUT2D eigenvalue weighted by Gasteiger charge is 2.35. The summed E-state index contributed by atoms with van der Waals surface area (Å²) < 4.78 is 27.2. The number of carbonyl (C=O) groups excluding carboxylic acids is 3. The summed E-state index contributed by atoms with van der Waals surface area (Å²) in [5.41, 5.74) is 2.27. The second kappa shape index (κ2) is 13.5. The lowest BCUT2D eigenvalue weighted by Gasteiger charge is -2.27. The Labute approximate surface area is 243 Å². The molecule has 9 nitrogen and oxygen atoms in total. The summed E-state index contributed by atoms with van der Waals surface area (Å²) in [4.78, 5) is 38.6. The van der Waals surface area contributed by atoms with Crippen LogP contribution in [0.3, 0.4) is 0 Å². The molecule has 2 heterocycles. The van der Waals surface area contributed by atoms with Gasteiger partial charge in [0.2, 0.25) is 0 Å². The minimum atomic E-state index is -0.707. The monoisotopic (exact) mass is 570 g/mol. The topological polar surface area (TPSA) is 115 Å². The molecule has 4 rings (SSSR count). The molecule has 2 aromatic carbocycles. The van der Waals surface area contributed by atoms with Gasteiger partial charge in [-0.3, -0.25) is 19.3 Å². The normalized spacial score (nSPS) is 14.4. The number of para-hydroxylation sites is 1. The van der Waals surface area contributed by atoms with E-state index in [4.69, 9.17) is 14.6 Å². The van der Waals surface area contributed by atoms with Gasteiger partial charge in [-0.15, -0.1) is 0 Å². The van der Waals surface area contributed by atoms with Crippen molar-refractivity contribution in [2.45, 2.75) is 40.0 Å². The molecule has 0 fully saturated rings. The first-order valence-corrected chi connectivity index (χ1v) is 13.7. The molecule has 0 saturated carbocycles. The molecule has 1 aliphatic heterocycles. The Balaban J connectivity index is 1.78. The van der Waals surface area contributed by atoms with Crippen LogP contribution >= 0.6 is 0 Å². The van der Waals surface area contributed by atoms with Crippen LogP contribution in [0.25, 0.3) is 23.0 Å². The summed E-state index contributed by atoms with van der Waals surface area (Å²) in [6.07, 6.45) is 5.20. The standard InChI is InChI=1S/C32H31FN4O5/c1-4-5-15-42-29-13-12-23(18-28(29)33)30-24(20-37(35-30)25-10-7-6-8-11-25)17-26-21(2)27(19-34)32(40)36(31(26)39)14-9-16-41-22(3)38/h6-8,10-13,17-18,20H,4-5,9,14-16H2,1-3H3/b26-17+. The molecular formula is C32H31FN4O5. The van der Waals surface area contributed by atoms with Crippen LogP contribution in [0.2, 0.25) is 0 Å². The van der Waals surface area contributed by atoms with Crippen molar-refractivity contribution in [1.82, 2.24) is 14.7 Å². The van der Waals surface area contributed by atoms with E-state index in [0.717, 1.165) is 23.4 Å². The maximum absolute atomic E-state index is 15.0. The number of imide groups is 1. The van der Waals surface area contributed by atoms with Crippen LogP contribution in [0.5, 0.6) is 5.75 Å². The lowest BCUT2D eigenvalue weighted by atomic mass is 9.93. The summed E-state index contributed by atoms with van der Waals surface area (Å²) in [6.45, 7) is 5.21. The summed E-state index contributed by atoms with van der Waals surface area (Å²) in [6, 6.07) is 15.8. The highest BCUT2D eigenvalue weighted by Crippen LogP contribution is 2.33. The van der Waals surface area contributed by atoms with Gasteiger partial charge in [0.05, 0.1) is 18.9 Å². The van der Waals surface area contributed by atoms with Crippen molar-refractivity contribution in [2.24, 2.45) is 0 Å². The predicted molar refractivity (Wildman–Crippen MR) is 154 cm³/mol. The van der Waals surface area contributed by atoms with Gasteiger partial charge in [0, 0.05) is 36.4 Å². The Hall–Kier alpha value is -5.04. The highest BCUT2D eigenvalue weighted by atomic mass is 19.1. The van der Waals surface area contributed by atoms with Crippen LogP contribution in [0, 0.1) is 17.1 Å². The first-order valence-electron chi connectivity index (χ1n) is 13.7. The predicted octanol–water partition coefficient (Wildman–Crippen LogP) is 5.40. The van der Waals surface area contributed by atoms with Gasteiger partial charge < -0.3 is 9.47 Å². The number of nitrogens with zero attached hydrogens (tertiary/aromatic N) is 4. The molecular weight excluding hydrogens is 539 g/mol. The van der Waals surface area contributed by atoms with Crippen LogP contribution < -0.4 is 4.74 Å². The second-order valence-electron chi connectivity index (χ2n) is 9.69. The number of unbranched alkanes of at least 4 members (excludes halogenated alkanes) is 1. The molecule has 42 heavy (non-hydrogen) atoms. The second-order valence-corrected chi connectivity index (χ2v) is 9.69. The van der Waals surface area contributed by atoms with E-state index in [1.165, 1.54) is 13.0 Å². The molecule has 1 aliphatic rings. The lowest BCUT2D eigenvalue weighted by molar-refractivity contribution is -0.141. The van der Waals surface area contributed by atoms with E-state index in [1.54, 1.807) is 36.0 Å². The van der Waals surface area contributed by atoms with Crippen molar-refractivity contribution >= 4 is 23.9 Å². The molecule has 0 aliphatic carbocycles. The minimum Gasteiger partial charge on any atom is -0.491 e. The van der Waals surface area contributed by atoms with E-state index in [1.807, 2.05) is 43.3 Å². The van der Waals surface area contributed by atoms with Gasteiger partial charge in [0.25, 0.3) is 11.8 Å². The fourth-order valence-corrected chi connectivity index (χ4v) is 4.45. The van der Waals surface area contributed by atoms with Gasteiger partial charge in [-0.1, -0.05) is 31.5 Å². The van der Waals surface area contributed by atoms with E-state index < -0.39 is 23.6 Å². The largest absolute Gasteiger partial charge is 0.491 e. The lowest BCUT2D eigenvalue weighted by Crippen LogP contribution is -2.43. The van der Waals surface area contributed by atoms with Crippen LogP contribution in [0.15, 0.2) is 71.4 Å². The Bertz CT molecular complexity index is 1600. The summed E-state index contributed by atoms with van der Waals surface area (Å²) >= 11 is 0. The number of amides is 2. The van der Waals surface area contributed by atoms with E-state index in [2.05, 4.69) is 0 Å². The Morgan fingerprint density at radius 2 is 1.86 bits per heavy atom. The molecule has 1 aromatic heterocycles. The van der Waals surface area contributed by atoms with Crippen molar-refractivity contribution < 1.29 is 28.2 Å². The summed E-state index contributed by atoms with van der Waals surface area (Å²) in [7, 11) is 0. The Kier molecular flexibility index (Phi) is 9.65. The summed E-state index contributed by atoms with van der Waals surface area (Å²) in [5.74, 6) is -2.18. The zero-order chi connectivity index (χ0) is 30.2. The number of nitriles is 1. The molecule has 0 saturated heterocycles. The fraction of sp³-hybridized carbons (Fsp3) is 0.281. The van der Waals surface area contributed by atoms with Gasteiger partial charge in [0.1, 0.15) is 17.3 Å². The van der Waals surface area contributed by atoms with Crippen molar-refractivity contribution in [1.29, 1.82) is 5.26 Å². The van der Waals surface area contributed by atoms with E-state index in [9.17, 15) is 19.6 Å². The Morgan fingerprint density at radius 3 is 2.52 bits per heavy atom. The number of aromatic nitrogens is 2. The molecule has 0 spiro atoms. The average Bonchev–Trinajstić information content (AvgIpc) is 3.40. The van der Waals surface area contributed by atoms with Crippen molar-refractivity contribution in [3.63, 3.8) is 0 Å². The number of carbonyl (C=O) groups is 3. The molecule has 0 bridgehead atoms. The third kappa shape index (κ3) is 6.63. The number of hydrogen-bond donors (Lipinski definition) is 0. The molecule has 0 unspecified atom stereocenters. The molecule has 0 atom stereocenters. The van der Waals surface area contributed by atoms with Crippen LogP contribution in [-0.4, -0.2) is 52.2 Å². The summed E-state index contributed by atoms with van der Waals surface area (Å²) in [5, 5.41) is 14.5. The van der Waals surface area contributed by atoms with Gasteiger partial charge >= 0.3 is 5.97 Å². The number of esters is 1. The van der Waals surface area contributed by atoms with Crippen LogP contribution in [-0.2, 0) is 19.1 Å². The van der Waals surface area contributed by atoms with E-state index in [0.29, 0.717) is 23.4 Å². The molecule has 10 heteroatoms. The van der Waals surface area contributed by atoms with Crippen molar-refractivity contribution in [3.8, 4) is 28.8 Å². The number of benzene rings is 2. The van der Waals surface area contributed by atoms with E-state index >= 15 is 4.39 Å². The Morgan fingerprint density at radius 1 is 1.10 bits per heavy atom. The van der Waals surface area contributed by atoms with Crippen molar-refractivity contribution in [2.75, 3.05) is 19.8 Å². The molecule has 216 valence electrons. The number of hydrogen-bond acceptors (Lipinski definition) is 7. The third-order valence-corrected chi connectivity index (χ3v) is 6.68. The van der Waals surface area contributed by atoms with Gasteiger partial charge in [-0.25, -0.2) is 9.07 Å². The average molecular weight is 571 g/mol. The van der Waals surface area contributed by atoms with Gasteiger partial charge in [-0.2, -0.15) is 10.4 Å². The fourth-order valence-electron chi connectivity index (χ4n) is 4.45. The van der Waals surface area contributed by atoms with Crippen LogP contribution in [0.4, 0.5) is 4.39 Å². The first kappa shape index (κ1) is 29.9. The van der Waals surface area contributed by atoms with E-state index in [-0.39, 0.29) is 42.0 Å². The number of rotatable bonds is 11. The maximum atomic E-state index is 15.0. The first-order chi connectivity index (χ1) is 20.2. The van der Waals surface area contributed by atoms with Crippen LogP contribution in [0.1, 0.15) is 45.6 Å². The smallest absolute Gasteiger partial charge is 0.302 e. The molecule has 2 amide bonds. The minimum absolute atomic E-state index is 0.0216. The molecule has 0 radical (unpaired) electrons. The van der Waals surface area contributed by atoms with Crippen molar-refractivity contribution in [3.05, 3.63) is 82.8 Å². The van der Waals surface area contributed by atoms with Gasteiger partial charge in [0.15, 0.2) is 11.6 Å². The highest BCUT2D eigenvalue weighted by molar-refractivity contribution is 6.19. The quantitative estimate of drug-likeness (QED) is 0.131. The third-order valence-electron chi connectivity index (χ3n) is 6.68. The zero-order valence-electron chi connectivity index (χ0n) is 23.7.